The summed E-state index contributed by atoms with van der Waals surface area (Å²) in [6.07, 6.45) is 1.52. The third-order valence-electron chi connectivity index (χ3n) is 4.94. The molecular formula is C21H27N3O3. The van der Waals surface area contributed by atoms with E-state index in [2.05, 4.69) is 34.2 Å². The number of carbonyl (C=O) groups excluding carboxylic acids is 2. The third-order valence-corrected chi connectivity index (χ3v) is 4.94. The smallest absolute Gasteiger partial charge is 0.238 e. The fraction of sp³-hybridized carbons (Fsp3) is 0.429. The van der Waals surface area contributed by atoms with Crippen molar-refractivity contribution in [1.82, 2.24) is 9.80 Å². The van der Waals surface area contributed by atoms with E-state index in [1.54, 1.807) is 12.1 Å². The summed E-state index contributed by atoms with van der Waals surface area (Å²) in [7, 11) is 0. The fourth-order valence-corrected chi connectivity index (χ4v) is 3.58. The number of nitrogens with zero attached hydrogens (tertiary/aromatic N) is 2. The molecule has 6 heteroatoms. The number of benzene rings is 1. The number of nitrogens with one attached hydrogen (secondary N) is 1. The van der Waals surface area contributed by atoms with Gasteiger partial charge in [0.15, 0.2) is 5.76 Å². The number of ketones is 1. The highest BCUT2D eigenvalue weighted by Gasteiger charge is 2.22. The number of aryl methyl sites for hydroxylation is 3. The molecule has 1 amide bonds. The first-order valence-electron chi connectivity index (χ1n) is 9.31. The Morgan fingerprint density at radius 3 is 2.15 bits per heavy atom. The van der Waals surface area contributed by atoms with E-state index in [1.165, 1.54) is 11.8 Å². The summed E-state index contributed by atoms with van der Waals surface area (Å²) < 4.78 is 5.15. The lowest BCUT2D eigenvalue weighted by atomic mass is 10.1. The van der Waals surface area contributed by atoms with Crippen molar-refractivity contribution in [1.29, 1.82) is 0 Å². The average molecular weight is 369 g/mol. The van der Waals surface area contributed by atoms with Crippen LogP contribution in [-0.2, 0) is 4.79 Å². The zero-order valence-electron chi connectivity index (χ0n) is 16.2. The Labute approximate surface area is 160 Å². The van der Waals surface area contributed by atoms with Crippen molar-refractivity contribution in [3.63, 3.8) is 0 Å². The molecule has 0 saturated carbocycles. The molecule has 1 aliphatic heterocycles. The molecule has 0 spiro atoms. The topological polar surface area (TPSA) is 65.8 Å². The molecule has 1 saturated heterocycles. The largest absolute Gasteiger partial charge is 0.461 e. The van der Waals surface area contributed by atoms with Gasteiger partial charge in [0.05, 0.1) is 19.4 Å². The van der Waals surface area contributed by atoms with E-state index in [4.69, 9.17) is 4.42 Å². The van der Waals surface area contributed by atoms with Gasteiger partial charge in [-0.2, -0.15) is 0 Å². The highest BCUT2D eigenvalue weighted by atomic mass is 16.3. The molecule has 2 heterocycles. The minimum absolute atomic E-state index is 0.00323. The summed E-state index contributed by atoms with van der Waals surface area (Å²) in [5.74, 6) is 0.405. The van der Waals surface area contributed by atoms with Crippen molar-refractivity contribution >= 4 is 17.4 Å². The van der Waals surface area contributed by atoms with Crippen LogP contribution in [0.4, 0.5) is 5.69 Å². The highest BCUT2D eigenvalue weighted by molar-refractivity contribution is 5.95. The second-order valence-corrected chi connectivity index (χ2v) is 7.27. The normalized spacial score (nSPS) is 15.7. The van der Waals surface area contributed by atoms with Crippen LogP contribution >= 0.6 is 0 Å². The van der Waals surface area contributed by atoms with E-state index in [-0.39, 0.29) is 11.7 Å². The quantitative estimate of drug-likeness (QED) is 0.793. The summed E-state index contributed by atoms with van der Waals surface area (Å²) in [6.45, 7) is 9.89. The van der Waals surface area contributed by atoms with E-state index in [0.29, 0.717) is 18.8 Å². The minimum atomic E-state index is -0.00323. The van der Waals surface area contributed by atoms with Crippen LogP contribution in [0.25, 0.3) is 0 Å². The van der Waals surface area contributed by atoms with Crippen LogP contribution < -0.4 is 5.32 Å². The number of amides is 1. The van der Waals surface area contributed by atoms with Crippen LogP contribution in [0, 0.1) is 20.8 Å². The molecular weight excluding hydrogens is 342 g/mol. The molecule has 0 radical (unpaired) electrons. The molecule has 6 nitrogen and oxygen atoms in total. The average Bonchev–Trinajstić information content (AvgIpc) is 3.14. The summed E-state index contributed by atoms with van der Waals surface area (Å²) in [5, 5.41) is 3.05. The Kier molecular flexibility index (Phi) is 6.08. The van der Waals surface area contributed by atoms with Crippen molar-refractivity contribution in [2.45, 2.75) is 20.8 Å². The summed E-state index contributed by atoms with van der Waals surface area (Å²) in [4.78, 5) is 28.8. The fourth-order valence-electron chi connectivity index (χ4n) is 3.58. The molecule has 144 valence electrons. The van der Waals surface area contributed by atoms with Gasteiger partial charge in [-0.05, 0) is 44.0 Å². The zero-order valence-corrected chi connectivity index (χ0v) is 16.2. The lowest BCUT2D eigenvalue weighted by Crippen LogP contribution is -2.49. The number of hydrogen-bond acceptors (Lipinski definition) is 5. The lowest BCUT2D eigenvalue weighted by Gasteiger charge is -2.33. The number of anilines is 1. The third kappa shape index (κ3) is 5.05. The van der Waals surface area contributed by atoms with E-state index in [9.17, 15) is 9.59 Å². The van der Waals surface area contributed by atoms with E-state index < -0.39 is 0 Å². The van der Waals surface area contributed by atoms with Crippen molar-refractivity contribution < 1.29 is 14.0 Å². The molecule has 1 N–H and O–H groups in total. The molecule has 1 aromatic carbocycles. The first kappa shape index (κ1) is 19.3. The Balaban J connectivity index is 1.46. The molecule has 1 aliphatic rings. The number of piperazine rings is 1. The Hall–Kier alpha value is -2.44. The minimum Gasteiger partial charge on any atom is -0.461 e. The maximum Gasteiger partial charge on any atom is 0.238 e. The van der Waals surface area contributed by atoms with Gasteiger partial charge in [-0.3, -0.25) is 19.4 Å². The van der Waals surface area contributed by atoms with Gasteiger partial charge in [0, 0.05) is 31.9 Å². The Bertz CT molecular complexity index is 783. The number of Topliss-reactive ketones (excluding diaryl/α,β-unsaturated/α-hetero) is 1. The van der Waals surface area contributed by atoms with Gasteiger partial charge in [-0.15, -0.1) is 0 Å². The lowest BCUT2D eigenvalue weighted by molar-refractivity contribution is -0.117. The zero-order chi connectivity index (χ0) is 19.4. The predicted molar refractivity (Wildman–Crippen MR) is 105 cm³/mol. The monoisotopic (exact) mass is 369 g/mol. The molecule has 0 bridgehead atoms. The van der Waals surface area contributed by atoms with Crippen molar-refractivity contribution in [3.8, 4) is 0 Å². The van der Waals surface area contributed by atoms with E-state index >= 15 is 0 Å². The summed E-state index contributed by atoms with van der Waals surface area (Å²) in [6, 6.07) is 7.58. The first-order chi connectivity index (χ1) is 12.9. The van der Waals surface area contributed by atoms with Crippen LogP contribution in [0.2, 0.25) is 0 Å². The van der Waals surface area contributed by atoms with Crippen molar-refractivity contribution in [2.24, 2.45) is 0 Å². The molecule has 2 aromatic rings. The maximum absolute atomic E-state index is 12.5. The van der Waals surface area contributed by atoms with Crippen LogP contribution in [0.15, 0.2) is 34.9 Å². The molecule has 0 unspecified atom stereocenters. The second kappa shape index (κ2) is 8.50. The second-order valence-electron chi connectivity index (χ2n) is 7.27. The molecule has 27 heavy (non-hydrogen) atoms. The number of carbonyl (C=O) groups is 2. The maximum atomic E-state index is 12.5. The van der Waals surface area contributed by atoms with Crippen LogP contribution in [0.1, 0.15) is 27.2 Å². The van der Waals surface area contributed by atoms with Gasteiger partial charge in [0.2, 0.25) is 11.7 Å². The SMILES string of the molecule is Cc1cc(C)c(NC(=O)CN2CCN(CC(=O)c3ccco3)CC2)c(C)c1. The predicted octanol–water partition coefficient (Wildman–Crippen LogP) is 2.64. The standard InChI is InChI=1S/C21H27N3O3/c1-15-11-16(2)21(17(3)12-15)22-20(26)14-24-8-6-23(7-9-24)13-18(25)19-5-4-10-27-19/h4-5,10-12H,6-9,13-14H2,1-3H3,(H,22,26). The summed E-state index contributed by atoms with van der Waals surface area (Å²) >= 11 is 0. The molecule has 1 aromatic heterocycles. The molecule has 1 fully saturated rings. The molecule has 0 atom stereocenters. The van der Waals surface area contributed by atoms with E-state index in [1.807, 2.05) is 13.8 Å². The van der Waals surface area contributed by atoms with E-state index in [0.717, 1.165) is 43.0 Å². The van der Waals surface area contributed by atoms with Crippen LogP contribution in [0.3, 0.4) is 0 Å². The number of hydrogen-bond donors (Lipinski definition) is 1. The van der Waals surface area contributed by atoms with Gasteiger partial charge >= 0.3 is 0 Å². The molecule has 0 aliphatic carbocycles. The van der Waals surface area contributed by atoms with Gasteiger partial charge in [0.25, 0.3) is 0 Å². The van der Waals surface area contributed by atoms with Crippen molar-refractivity contribution in [2.75, 3.05) is 44.6 Å². The number of furan rings is 1. The van der Waals surface area contributed by atoms with Gasteiger partial charge < -0.3 is 9.73 Å². The molecule has 3 rings (SSSR count). The van der Waals surface area contributed by atoms with Gasteiger partial charge in [0.1, 0.15) is 0 Å². The van der Waals surface area contributed by atoms with Crippen LogP contribution in [-0.4, -0.2) is 60.8 Å². The van der Waals surface area contributed by atoms with Gasteiger partial charge in [-0.25, -0.2) is 0 Å². The summed E-state index contributed by atoms with van der Waals surface area (Å²) in [5.41, 5.74) is 4.28. The Morgan fingerprint density at radius 2 is 1.59 bits per heavy atom. The van der Waals surface area contributed by atoms with Crippen molar-refractivity contribution in [3.05, 3.63) is 53.0 Å². The van der Waals surface area contributed by atoms with Crippen LogP contribution in [0.5, 0.6) is 0 Å². The van der Waals surface area contributed by atoms with Gasteiger partial charge in [-0.1, -0.05) is 17.7 Å². The highest BCUT2D eigenvalue weighted by Crippen LogP contribution is 2.21. The number of rotatable bonds is 6. The first-order valence-corrected chi connectivity index (χ1v) is 9.31. The Morgan fingerprint density at radius 1 is 1.00 bits per heavy atom.